The zero-order valence-corrected chi connectivity index (χ0v) is 7.66. The zero-order chi connectivity index (χ0) is 9.14. The van der Waals surface area contributed by atoms with Crippen molar-refractivity contribution in [2.75, 3.05) is 13.4 Å². The molecule has 0 aliphatic carbocycles. The third-order valence-electron chi connectivity index (χ3n) is 1.46. The Kier molecular flexibility index (Phi) is 2.92. The summed E-state index contributed by atoms with van der Waals surface area (Å²) in [4.78, 5) is 0.262. The van der Waals surface area contributed by atoms with E-state index in [9.17, 15) is 8.78 Å². The van der Waals surface area contributed by atoms with Crippen LogP contribution in [0.1, 0.15) is 0 Å². The SMILES string of the molecule is COc1c(F)ccc(F)c1[SH+]C. The number of rotatable bonds is 2. The van der Waals surface area contributed by atoms with Crippen molar-refractivity contribution in [1.29, 1.82) is 0 Å². The van der Waals surface area contributed by atoms with Crippen molar-refractivity contribution in [3.63, 3.8) is 0 Å². The van der Waals surface area contributed by atoms with Gasteiger partial charge in [-0.1, -0.05) is 0 Å². The largest absolute Gasteiger partial charge is 0.489 e. The standard InChI is InChI=1S/C8H8F2OS/c1-11-7-5(9)3-4-6(10)8(7)12-2/h3-4H,1-2H3/p+1. The molecule has 66 valence electrons. The quantitative estimate of drug-likeness (QED) is 0.511. The smallest absolute Gasteiger partial charge is 0.232 e. The molecule has 0 radical (unpaired) electrons. The lowest BCUT2D eigenvalue weighted by Crippen LogP contribution is -1.96. The second-order valence-electron chi connectivity index (χ2n) is 2.13. The van der Waals surface area contributed by atoms with Gasteiger partial charge in [-0.15, -0.1) is 0 Å². The Bertz CT molecular complexity index is 260. The summed E-state index contributed by atoms with van der Waals surface area (Å²) < 4.78 is 30.6. The zero-order valence-electron chi connectivity index (χ0n) is 6.77. The molecule has 12 heavy (non-hydrogen) atoms. The molecule has 4 heteroatoms. The minimum atomic E-state index is -0.525. The van der Waals surface area contributed by atoms with Crippen LogP contribution in [0.15, 0.2) is 17.0 Å². The van der Waals surface area contributed by atoms with Gasteiger partial charge in [0.1, 0.15) is 6.26 Å². The highest BCUT2D eigenvalue weighted by molar-refractivity contribution is 7.77. The van der Waals surface area contributed by atoms with Gasteiger partial charge in [0.15, 0.2) is 11.6 Å². The summed E-state index contributed by atoms with van der Waals surface area (Å²) in [7, 11) is 1.33. The van der Waals surface area contributed by atoms with Gasteiger partial charge in [-0.25, -0.2) is 8.78 Å². The van der Waals surface area contributed by atoms with Crippen molar-refractivity contribution in [2.45, 2.75) is 4.90 Å². The molecule has 0 amide bonds. The number of ether oxygens (including phenoxy) is 1. The summed E-state index contributed by atoms with van der Waals surface area (Å²) in [6.07, 6.45) is 1.72. The summed E-state index contributed by atoms with van der Waals surface area (Å²) in [6, 6.07) is 2.16. The van der Waals surface area contributed by atoms with Crippen LogP contribution in [-0.2, 0) is 11.8 Å². The van der Waals surface area contributed by atoms with Gasteiger partial charge in [-0.2, -0.15) is 0 Å². The highest BCUT2D eigenvalue weighted by Gasteiger charge is 2.18. The molecular formula is C8H9F2OS+. The molecule has 0 atom stereocenters. The Hall–Kier alpha value is -0.770. The molecule has 0 unspecified atom stereocenters. The molecule has 1 nitrogen and oxygen atoms in total. The minimum Gasteiger partial charge on any atom is -0.489 e. The second kappa shape index (κ2) is 3.76. The fraction of sp³-hybridized carbons (Fsp3) is 0.250. The molecule has 0 saturated heterocycles. The molecule has 0 spiro atoms. The molecule has 0 bridgehead atoms. The molecule has 0 heterocycles. The van der Waals surface area contributed by atoms with Crippen LogP contribution in [0.4, 0.5) is 8.78 Å². The van der Waals surface area contributed by atoms with Gasteiger partial charge >= 0.3 is 0 Å². The highest BCUT2D eigenvalue weighted by Crippen LogP contribution is 2.26. The Morgan fingerprint density at radius 1 is 1.25 bits per heavy atom. The summed E-state index contributed by atoms with van der Waals surface area (Å²) in [5.41, 5.74) is 0. The first-order valence-corrected chi connectivity index (χ1v) is 4.66. The van der Waals surface area contributed by atoms with Gasteiger partial charge in [0.25, 0.3) is 0 Å². The fourth-order valence-electron chi connectivity index (χ4n) is 0.925. The third-order valence-corrected chi connectivity index (χ3v) is 2.33. The first-order valence-electron chi connectivity index (χ1n) is 3.32. The van der Waals surface area contributed by atoms with Crippen molar-refractivity contribution in [3.05, 3.63) is 23.8 Å². The van der Waals surface area contributed by atoms with Crippen molar-refractivity contribution in [3.8, 4) is 5.75 Å². The lowest BCUT2D eigenvalue weighted by atomic mass is 10.3. The highest BCUT2D eigenvalue weighted by atomic mass is 32.2. The van der Waals surface area contributed by atoms with Crippen LogP contribution in [0.25, 0.3) is 0 Å². The maximum Gasteiger partial charge on any atom is 0.232 e. The molecule has 1 rings (SSSR count). The summed E-state index contributed by atoms with van der Waals surface area (Å²) >= 11 is 0.656. The number of methoxy groups -OCH3 is 1. The van der Waals surface area contributed by atoms with E-state index in [1.807, 2.05) is 0 Å². The predicted molar refractivity (Wildman–Crippen MR) is 45.9 cm³/mol. The third kappa shape index (κ3) is 1.53. The summed E-state index contributed by atoms with van der Waals surface area (Å²) in [5.74, 6) is -0.958. The van der Waals surface area contributed by atoms with E-state index in [1.165, 1.54) is 7.11 Å². The van der Waals surface area contributed by atoms with E-state index in [0.717, 1.165) is 12.1 Å². The van der Waals surface area contributed by atoms with Crippen molar-refractivity contribution in [2.24, 2.45) is 0 Å². The molecular weight excluding hydrogens is 182 g/mol. The van der Waals surface area contributed by atoms with Gasteiger partial charge in [-0.05, 0) is 12.1 Å². The second-order valence-corrected chi connectivity index (χ2v) is 3.03. The van der Waals surface area contributed by atoms with E-state index in [-0.39, 0.29) is 10.6 Å². The molecule has 1 aromatic rings. The van der Waals surface area contributed by atoms with Crippen molar-refractivity contribution >= 4 is 11.8 Å². The molecule has 0 N–H and O–H groups in total. The first kappa shape index (κ1) is 9.32. The fourth-order valence-corrected chi connectivity index (χ4v) is 1.61. The van der Waals surface area contributed by atoms with Crippen LogP contribution in [0, 0.1) is 11.6 Å². The summed E-state index contributed by atoms with van der Waals surface area (Å²) in [5, 5.41) is 0. The van der Waals surface area contributed by atoms with Gasteiger partial charge in [0.05, 0.1) is 7.11 Å². The molecule has 0 aliphatic heterocycles. The van der Waals surface area contributed by atoms with Crippen molar-refractivity contribution in [1.82, 2.24) is 0 Å². The van der Waals surface area contributed by atoms with Gasteiger partial charge in [0, 0.05) is 11.8 Å². The van der Waals surface area contributed by atoms with Gasteiger partial charge in [0.2, 0.25) is 10.6 Å². The number of hydrogen-bond donors (Lipinski definition) is 0. The van der Waals surface area contributed by atoms with Crippen LogP contribution < -0.4 is 4.74 Å². The van der Waals surface area contributed by atoms with E-state index < -0.39 is 11.6 Å². The Morgan fingerprint density at radius 3 is 2.25 bits per heavy atom. The molecule has 0 aromatic heterocycles. The van der Waals surface area contributed by atoms with Gasteiger partial charge in [-0.3, -0.25) is 0 Å². The predicted octanol–water partition coefficient (Wildman–Crippen LogP) is 1.78. The normalized spacial score (nSPS) is 10.0. The Morgan fingerprint density at radius 2 is 1.83 bits per heavy atom. The topological polar surface area (TPSA) is 9.23 Å². The number of hydrogen-bond acceptors (Lipinski definition) is 1. The Balaban J connectivity index is 3.28. The number of thiol groups is 1. The average Bonchev–Trinajstić information content (AvgIpc) is 2.08. The van der Waals surface area contributed by atoms with Crippen LogP contribution in [0.2, 0.25) is 0 Å². The first-order chi connectivity index (χ1) is 5.70. The monoisotopic (exact) mass is 191 g/mol. The molecule has 0 aliphatic rings. The van der Waals surface area contributed by atoms with E-state index in [1.54, 1.807) is 6.26 Å². The molecule has 0 fully saturated rings. The maximum absolute atomic E-state index is 13.0. The van der Waals surface area contributed by atoms with Gasteiger partial charge < -0.3 is 4.74 Å². The molecule has 1 aromatic carbocycles. The van der Waals surface area contributed by atoms with Crippen molar-refractivity contribution < 1.29 is 13.5 Å². The minimum absolute atomic E-state index is 0.000772. The van der Waals surface area contributed by atoms with E-state index in [0.29, 0.717) is 11.8 Å². The maximum atomic E-state index is 13.0. The van der Waals surface area contributed by atoms with E-state index in [2.05, 4.69) is 0 Å². The molecule has 0 saturated carbocycles. The van der Waals surface area contributed by atoms with Crippen LogP contribution >= 0.6 is 0 Å². The average molecular weight is 191 g/mol. The lowest BCUT2D eigenvalue weighted by Gasteiger charge is -2.02. The Labute approximate surface area is 73.7 Å². The summed E-state index contributed by atoms with van der Waals surface area (Å²) in [6.45, 7) is 0. The van der Waals surface area contributed by atoms with Crippen LogP contribution in [0.5, 0.6) is 5.75 Å². The lowest BCUT2D eigenvalue weighted by molar-refractivity contribution is 0.369. The number of halogens is 2. The van der Waals surface area contributed by atoms with E-state index in [4.69, 9.17) is 4.74 Å². The van der Waals surface area contributed by atoms with Crippen LogP contribution in [-0.4, -0.2) is 13.4 Å². The van der Waals surface area contributed by atoms with Crippen LogP contribution in [0.3, 0.4) is 0 Å². The number of benzene rings is 1. The van der Waals surface area contributed by atoms with E-state index >= 15 is 0 Å².